The molecule has 2 N–H and O–H groups in total. The lowest BCUT2D eigenvalue weighted by atomic mass is 10.0. The van der Waals surface area contributed by atoms with Gasteiger partial charge in [-0.25, -0.2) is 0 Å². The number of amides is 1. The Kier molecular flexibility index (Phi) is 7.91. The highest BCUT2D eigenvalue weighted by Gasteiger charge is 2.27. The smallest absolute Gasteiger partial charge is 0.223 e. The Morgan fingerprint density at radius 2 is 1.76 bits per heavy atom. The minimum absolute atomic E-state index is 0.163. The summed E-state index contributed by atoms with van der Waals surface area (Å²) in [6.45, 7) is 3.77. The van der Waals surface area contributed by atoms with E-state index in [1.807, 2.05) is 24.3 Å². The van der Waals surface area contributed by atoms with Gasteiger partial charge in [-0.2, -0.15) is 0 Å². The summed E-state index contributed by atoms with van der Waals surface area (Å²) in [7, 11) is 1.61. The predicted molar refractivity (Wildman–Crippen MR) is 123 cm³/mol. The van der Waals surface area contributed by atoms with Crippen LogP contribution in [0.1, 0.15) is 30.9 Å². The van der Waals surface area contributed by atoms with Crippen molar-refractivity contribution < 1.29 is 28.8 Å². The minimum atomic E-state index is -0.868. The summed E-state index contributed by atoms with van der Waals surface area (Å²) in [5.41, 5.74) is 0.693. The maximum absolute atomic E-state index is 12.7. The molecule has 4 rings (SSSR count). The number of aliphatic hydroxyl groups is 1. The Bertz CT molecular complexity index is 914. The van der Waals surface area contributed by atoms with Crippen LogP contribution in [0.3, 0.4) is 0 Å². The summed E-state index contributed by atoms with van der Waals surface area (Å²) < 4.78 is 22.1. The summed E-state index contributed by atoms with van der Waals surface area (Å²) in [6.07, 6.45) is 1.59. The highest BCUT2D eigenvalue weighted by molar-refractivity contribution is 5.76. The van der Waals surface area contributed by atoms with Gasteiger partial charge in [0.25, 0.3) is 0 Å². The van der Waals surface area contributed by atoms with Gasteiger partial charge in [-0.3, -0.25) is 4.79 Å². The number of hydrogen-bond acceptors (Lipinski definition) is 7. The van der Waals surface area contributed by atoms with E-state index in [9.17, 15) is 9.90 Å². The predicted octanol–water partition coefficient (Wildman–Crippen LogP) is 2.55. The number of nitrogens with one attached hydrogen (secondary N) is 1. The van der Waals surface area contributed by atoms with Crippen molar-refractivity contribution in [1.82, 2.24) is 10.2 Å². The van der Waals surface area contributed by atoms with Crippen molar-refractivity contribution in [2.24, 2.45) is 0 Å². The molecule has 0 aliphatic carbocycles. The van der Waals surface area contributed by atoms with Gasteiger partial charge in [-0.1, -0.05) is 6.07 Å². The third kappa shape index (κ3) is 6.30. The molecule has 33 heavy (non-hydrogen) atoms. The van der Waals surface area contributed by atoms with Crippen molar-refractivity contribution in [3.63, 3.8) is 0 Å². The van der Waals surface area contributed by atoms with Crippen LogP contribution < -0.4 is 24.3 Å². The highest BCUT2D eigenvalue weighted by Crippen LogP contribution is 2.33. The lowest BCUT2D eigenvalue weighted by molar-refractivity contribution is -0.123. The van der Waals surface area contributed by atoms with Crippen LogP contribution in [0.15, 0.2) is 42.5 Å². The second kappa shape index (κ2) is 11.2. The van der Waals surface area contributed by atoms with Crippen LogP contribution in [0.25, 0.3) is 0 Å². The molecule has 178 valence electrons. The number of fused-ring (bicyclic) bond motifs is 1. The van der Waals surface area contributed by atoms with Crippen LogP contribution >= 0.6 is 0 Å². The number of likely N-dealkylation sites (tertiary alicyclic amines) is 1. The van der Waals surface area contributed by atoms with Gasteiger partial charge in [-0.15, -0.1) is 0 Å². The number of hydrogen-bond donors (Lipinski definition) is 2. The Balaban J connectivity index is 1.36. The quantitative estimate of drug-likeness (QED) is 0.568. The fourth-order valence-electron chi connectivity index (χ4n) is 4.16. The summed E-state index contributed by atoms with van der Waals surface area (Å²) >= 11 is 0. The van der Waals surface area contributed by atoms with Gasteiger partial charge in [0.1, 0.15) is 30.8 Å². The molecule has 2 aliphatic rings. The van der Waals surface area contributed by atoms with Gasteiger partial charge in [0.15, 0.2) is 11.5 Å². The molecule has 0 bridgehead atoms. The van der Waals surface area contributed by atoms with E-state index in [1.165, 1.54) is 0 Å². The first-order valence-electron chi connectivity index (χ1n) is 11.5. The Morgan fingerprint density at radius 1 is 1.06 bits per heavy atom. The van der Waals surface area contributed by atoms with E-state index < -0.39 is 12.1 Å². The Hall–Kier alpha value is -2.97. The van der Waals surface area contributed by atoms with E-state index in [0.29, 0.717) is 42.6 Å². The second-order valence-corrected chi connectivity index (χ2v) is 8.30. The van der Waals surface area contributed by atoms with Crippen LogP contribution in [0.4, 0.5) is 0 Å². The van der Waals surface area contributed by atoms with E-state index in [0.717, 1.165) is 31.7 Å². The van der Waals surface area contributed by atoms with Crippen molar-refractivity contribution in [2.75, 3.05) is 46.6 Å². The fraction of sp³-hybridized carbons (Fsp3) is 0.480. The first kappa shape index (κ1) is 23.2. The molecule has 2 aliphatic heterocycles. The van der Waals surface area contributed by atoms with Gasteiger partial charge in [-0.05, 0) is 67.9 Å². The van der Waals surface area contributed by atoms with Crippen molar-refractivity contribution in [2.45, 2.75) is 31.4 Å². The maximum Gasteiger partial charge on any atom is 0.223 e. The first-order chi connectivity index (χ1) is 16.1. The van der Waals surface area contributed by atoms with Crippen LogP contribution in [0.5, 0.6) is 23.0 Å². The molecule has 0 radical (unpaired) electrons. The molecule has 1 saturated heterocycles. The normalized spacial score (nSPS) is 17.3. The van der Waals surface area contributed by atoms with Crippen LogP contribution in [0, 0.1) is 0 Å². The van der Waals surface area contributed by atoms with E-state index in [1.54, 1.807) is 25.3 Å². The topological polar surface area (TPSA) is 89.5 Å². The molecule has 2 heterocycles. The molecule has 0 saturated carbocycles. The molecule has 1 amide bonds. The van der Waals surface area contributed by atoms with Crippen molar-refractivity contribution in [3.05, 3.63) is 48.0 Å². The molecule has 8 heteroatoms. The monoisotopic (exact) mass is 456 g/mol. The number of aliphatic hydroxyl groups excluding tert-OH is 1. The summed E-state index contributed by atoms with van der Waals surface area (Å²) in [4.78, 5) is 15.0. The molecule has 2 aromatic rings. The van der Waals surface area contributed by atoms with Crippen molar-refractivity contribution in [3.8, 4) is 23.0 Å². The van der Waals surface area contributed by atoms with Gasteiger partial charge < -0.3 is 34.3 Å². The molecule has 0 spiro atoms. The molecule has 0 aromatic heterocycles. The lowest BCUT2D eigenvalue weighted by Crippen LogP contribution is -2.47. The van der Waals surface area contributed by atoms with Crippen molar-refractivity contribution in [1.29, 1.82) is 0 Å². The second-order valence-electron chi connectivity index (χ2n) is 8.30. The average Bonchev–Trinajstić information content (AvgIpc) is 3.36. The first-order valence-corrected chi connectivity index (χ1v) is 11.5. The average molecular weight is 457 g/mol. The zero-order valence-corrected chi connectivity index (χ0v) is 19.0. The highest BCUT2D eigenvalue weighted by atomic mass is 16.6. The lowest BCUT2D eigenvalue weighted by Gasteiger charge is -2.29. The Labute approximate surface area is 194 Å². The largest absolute Gasteiger partial charge is 0.497 e. The number of carbonyl (C=O) groups excluding carboxylic acids is 1. The molecular weight excluding hydrogens is 424 g/mol. The van der Waals surface area contributed by atoms with Crippen LogP contribution in [-0.2, 0) is 4.79 Å². The molecular formula is C25H32N2O6. The SMILES string of the molecule is COc1ccc(OCCC(=O)N[C@@H](CN2CCCC2)[C@H](O)c2ccc3c(c2)OCCO3)cc1. The third-order valence-corrected chi connectivity index (χ3v) is 5.95. The van der Waals surface area contributed by atoms with Gasteiger partial charge in [0, 0.05) is 6.54 Å². The zero-order chi connectivity index (χ0) is 23.0. The van der Waals surface area contributed by atoms with Gasteiger partial charge >= 0.3 is 0 Å². The number of nitrogens with zero attached hydrogens (tertiary/aromatic N) is 1. The molecule has 2 aromatic carbocycles. The van der Waals surface area contributed by atoms with Crippen molar-refractivity contribution >= 4 is 5.91 Å². The number of carbonyl (C=O) groups is 1. The molecule has 8 nitrogen and oxygen atoms in total. The number of rotatable bonds is 10. The van der Waals surface area contributed by atoms with Crippen LogP contribution in [-0.4, -0.2) is 68.5 Å². The molecule has 0 unspecified atom stereocenters. The summed E-state index contributed by atoms with van der Waals surface area (Å²) in [5, 5.41) is 14.2. The minimum Gasteiger partial charge on any atom is -0.497 e. The number of ether oxygens (including phenoxy) is 4. The maximum atomic E-state index is 12.7. The fourth-order valence-corrected chi connectivity index (χ4v) is 4.16. The van der Waals surface area contributed by atoms with E-state index >= 15 is 0 Å². The van der Waals surface area contributed by atoms with E-state index in [2.05, 4.69) is 10.2 Å². The molecule has 1 fully saturated rings. The summed E-state index contributed by atoms with van der Waals surface area (Å²) in [6, 6.07) is 12.2. The summed E-state index contributed by atoms with van der Waals surface area (Å²) in [5.74, 6) is 2.56. The Morgan fingerprint density at radius 3 is 2.48 bits per heavy atom. The van der Waals surface area contributed by atoms with E-state index in [-0.39, 0.29) is 18.9 Å². The third-order valence-electron chi connectivity index (χ3n) is 5.95. The van der Waals surface area contributed by atoms with E-state index in [4.69, 9.17) is 18.9 Å². The van der Waals surface area contributed by atoms with Crippen LogP contribution in [0.2, 0.25) is 0 Å². The standard InChI is InChI=1S/C25H32N2O6/c1-30-19-5-7-20(8-6-19)31-13-10-24(28)26-21(17-27-11-2-3-12-27)25(29)18-4-9-22-23(16-18)33-15-14-32-22/h4-9,16,21,25,29H,2-3,10-15,17H2,1H3,(H,26,28)/t21-,25+/m0/s1. The van der Waals surface area contributed by atoms with Gasteiger partial charge in [0.2, 0.25) is 5.91 Å². The molecule has 2 atom stereocenters. The number of benzene rings is 2. The number of methoxy groups -OCH3 is 1. The zero-order valence-electron chi connectivity index (χ0n) is 19.0. The van der Waals surface area contributed by atoms with Gasteiger partial charge in [0.05, 0.1) is 26.2 Å².